The van der Waals surface area contributed by atoms with Crippen LogP contribution in [-0.4, -0.2) is 0 Å². The molecular weight excluding hydrogens is 344 g/mol. The number of aryl methyl sites for hydroxylation is 2. The fourth-order valence-electron chi connectivity index (χ4n) is 2.57. The van der Waals surface area contributed by atoms with E-state index in [-0.39, 0.29) is 10.2 Å². The molecule has 0 aliphatic heterocycles. The van der Waals surface area contributed by atoms with Crippen molar-refractivity contribution in [1.82, 2.24) is 0 Å². The van der Waals surface area contributed by atoms with Crippen molar-refractivity contribution in [3.63, 3.8) is 0 Å². The molecule has 0 aliphatic rings. The summed E-state index contributed by atoms with van der Waals surface area (Å²) in [5, 5.41) is 0.823. The summed E-state index contributed by atoms with van der Waals surface area (Å²) in [6.07, 6.45) is 0. The van der Waals surface area contributed by atoms with Crippen molar-refractivity contribution in [2.45, 2.75) is 44.9 Å². The topological polar surface area (TPSA) is 0 Å². The zero-order valence-electron chi connectivity index (χ0n) is 13.3. The number of hydrogen-bond acceptors (Lipinski definition) is 0. The summed E-state index contributed by atoms with van der Waals surface area (Å²) in [4.78, 5) is 0.111. The Hall–Kier alpha value is -0.790. The Morgan fingerprint density at radius 2 is 1.52 bits per heavy atom. The third kappa shape index (κ3) is 3.52. The van der Waals surface area contributed by atoms with Gasteiger partial charge in [-0.2, -0.15) is 0 Å². The van der Waals surface area contributed by atoms with Crippen LogP contribution in [0.4, 0.5) is 0 Å². The van der Waals surface area contributed by atoms with E-state index in [1.165, 1.54) is 22.3 Å². The van der Waals surface area contributed by atoms with Crippen molar-refractivity contribution in [2.75, 3.05) is 0 Å². The summed E-state index contributed by atoms with van der Waals surface area (Å²) in [7, 11) is 0. The van der Waals surface area contributed by atoms with Gasteiger partial charge in [0.05, 0.1) is 4.83 Å². The van der Waals surface area contributed by atoms with Crippen LogP contribution in [0.25, 0.3) is 0 Å². The average molecular weight is 366 g/mol. The fraction of sp³-hybridized carbons (Fsp3) is 0.368. The van der Waals surface area contributed by atoms with E-state index in [1.54, 1.807) is 0 Å². The highest BCUT2D eigenvalue weighted by molar-refractivity contribution is 9.09. The minimum Gasteiger partial charge on any atom is -0.0840 e. The second-order valence-electron chi connectivity index (χ2n) is 6.66. The lowest BCUT2D eigenvalue weighted by molar-refractivity contribution is 0.584. The van der Waals surface area contributed by atoms with Crippen LogP contribution in [0.5, 0.6) is 0 Å². The van der Waals surface area contributed by atoms with Crippen LogP contribution >= 0.6 is 27.5 Å². The molecular formula is C19H22BrCl. The molecule has 21 heavy (non-hydrogen) atoms. The number of hydrogen-bond donors (Lipinski definition) is 0. The molecule has 2 aromatic rings. The first-order chi connectivity index (χ1) is 9.71. The zero-order valence-corrected chi connectivity index (χ0v) is 15.6. The quantitative estimate of drug-likeness (QED) is 0.517. The minimum absolute atomic E-state index is 0.106. The van der Waals surface area contributed by atoms with Crippen LogP contribution in [-0.2, 0) is 5.41 Å². The molecule has 1 atom stereocenters. The van der Waals surface area contributed by atoms with Gasteiger partial charge in [0.25, 0.3) is 0 Å². The molecule has 2 rings (SSSR count). The Morgan fingerprint density at radius 3 is 2.14 bits per heavy atom. The second-order valence-corrected chi connectivity index (χ2v) is 7.98. The van der Waals surface area contributed by atoms with Crippen LogP contribution in [0.2, 0.25) is 5.02 Å². The minimum atomic E-state index is 0.106. The maximum atomic E-state index is 6.48. The number of halogens is 2. The van der Waals surface area contributed by atoms with Crippen molar-refractivity contribution >= 4 is 27.5 Å². The summed E-state index contributed by atoms with van der Waals surface area (Å²) in [6.45, 7) is 11.0. The molecule has 0 aliphatic carbocycles. The number of rotatable bonds is 2. The Labute approximate surface area is 141 Å². The van der Waals surface area contributed by atoms with Crippen molar-refractivity contribution in [2.24, 2.45) is 0 Å². The molecule has 0 bridgehead atoms. The van der Waals surface area contributed by atoms with Gasteiger partial charge in [-0.15, -0.1) is 0 Å². The van der Waals surface area contributed by atoms with Crippen LogP contribution in [0.15, 0.2) is 36.4 Å². The lowest BCUT2D eigenvalue weighted by Crippen LogP contribution is -2.15. The van der Waals surface area contributed by atoms with E-state index in [9.17, 15) is 0 Å². The van der Waals surface area contributed by atoms with E-state index in [1.807, 2.05) is 0 Å². The lowest BCUT2D eigenvalue weighted by atomic mass is 9.82. The molecule has 0 N–H and O–H groups in total. The van der Waals surface area contributed by atoms with Crippen molar-refractivity contribution < 1.29 is 0 Å². The van der Waals surface area contributed by atoms with E-state index >= 15 is 0 Å². The smallest absolute Gasteiger partial charge is 0.0662 e. The summed E-state index contributed by atoms with van der Waals surface area (Å²) < 4.78 is 0. The highest BCUT2D eigenvalue weighted by Gasteiger charge is 2.23. The van der Waals surface area contributed by atoms with Gasteiger partial charge in [-0.3, -0.25) is 0 Å². The third-order valence-electron chi connectivity index (χ3n) is 3.93. The Kier molecular flexibility index (Phi) is 4.85. The van der Waals surface area contributed by atoms with E-state index in [0.29, 0.717) is 0 Å². The maximum absolute atomic E-state index is 6.48. The molecule has 0 amide bonds. The van der Waals surface area contributed by atoms with Gasteiger partial charge in [0.2, 0.25) is 0 Å². The molecule has 0 saturated heterocycles. The summed E-state index contributed by atoms with van der Waals surface area (Å²) in [5.41, 5.74) is 6.38. The zero-order chi connectivity index (χ0) is 15.8. The van der Waals surface area contributed by atoms with Crippen LogP contribution in [0.3, 0.4) is 0 Å². The van der Waals surface area contributed by atoms with Gasteiger partial charge < -0.3 is 0 Å². The highest BCUT2D eigenvalue weighted by atomic mass is 79.9. The van der Waals surface area contributed by atoms with Gasteiger partial charge in [-0.1, -0.05) is 78.6 Å². The average Bonchev–Trinajstić information content (AvgIpc) is 2.41. The predicted octanol–water partition coefficient (Wildman–Crippen LogP) is 6.74. The summed E-state index contributed by atoms with van der Waals surface area (Å²) in [6, 6.07) is 12.8. The van der Waals surface area contributed by atoms with Crippen molar-refractivity contribution in [3.05, 3.63) is 69.2 Å². The molecule has 112 valence electrons. The van der Waals surface area contributed by atoms with E-state index in [2.05, 4.69) is 86.9 Å². The van der Waals surface area contributed by atoms with Crippen molar-refractivity contribution in [1.29, 1.82) is 0 Å². The molecule has 2 aromatic carbocycles. The molecule has 2 heteroatoms. The van der Waals surface area contributed by atoms with Crippen LogP contribution < -0.4 is 0 Å². The fourth-order valence-corrected chi connectivity index (χ4v) is 3.80. The SMILES string of the molecule is Cc1cc(Cl)c(C(Br)c2ccccc2C(C)(C)C)cc1C. The molecule has 0 aromatic heterocycles. The molecule has 0 heterocycles. The Balaban J connectivity index is 2.56. The van der Waals surface area contributed by atoms with Gasteiger partial charge in [0.1, 0.15) is 0 Å². The first kappa shape index (κ1) is 16.6. The normalized spacial score (nSPS) is 13.3. The van der Waals surface area contributed by atoms with Crippen LogP contribution in [0.1, 0.15) is 53.4 Å². The van der Waals surface area contributed by atoms with Gasteiger partial charge >= 0.3 is 0 Å². The van der Waals surface area contributed by atoms with Crippen LogP contribution in [0, 0.1) is 13.8 Å². The first-order valence-corrected chi connectivity index (χ1v) is 8.51. The maximum Gasteiger partial charge on any atom is 0.0662 e. The highest BCUT2D eigenvalue weighted by Crippen LogP contribution is 2.40. The molecule has 1 unspecified atom stereocenters. The van der Waals surface area contributed by atoms with Gasteiger partial charge in [-0.05, 0) is 53.1 Å². The molecule has 0 spiro atoms. The number of benzene rings is 2. The standard InChI is InChI=1S/C19H22BrCl/c1-12-10-15(17(21)11-13(12)2)18(20)14-8-6-7-9-16(14)19(3,4)5/h6-11,18H,1-5H3. The molecule has 0 fully saturated rings. The summed E-state index contributed by atoms with van der Waals surface area (Å²) >= 11 is 10.3. The van der Waals surface area contributed by atoms with E-state index in [0.717, 1.165) is 10.6 Å². The second kappa shape index (κ2) is 6.14. The predicted molar refractivity (Wildman–Crippen MR) is 96.8 cm³/mol. The first-order valence-electron chi connectivity index (χ1n) is 7.22. The van der Waals surface area contributed by atoms with Gasteiger partial charge in [0.15, 0.2) is 0 Å². The van der Waals surface area contributed by atoms with E-state index in [4.69, 9.17) is 11.6 Å². The summed E-state index contributed by atoms with van der Waals surface area (Å²) in [5.74, 6) is 0. The molecule has 0 radical (unpaired) electrons. The molecule has 0 nitrogen and oxygen atoms in total. The van der Waals surface area contributed by atoms with Gasteiger partial charge in [-0.25, -0.2) is 0 Å². The lowest BCUT2D eigenvalue weighted by Gasteiger charge is -2.26. The monoisotopic (exact) mass is 364 g/mol. The Bertz CT molecular complexity index is 653. The Morgan fingerprint density at radius 1 is 0.952 bits per heavy atom. The third-order valence-corrected chi connectivity index (χ3v) is 5.24. The molecule has 0 saturated carbocycles. The largest absolute Gasteiger partial charge is 0.0840 e. The van der Waals surface area contributed by atoms with Gasteiger partial charge in [0, 0.05) is 5.02 Å². The van der Waals surface area contributed by atoms with Crippen molar-refractivity contribution in [3.8, 4) is 0 Å². The van der Waals surface area contributed by atoms with E-state index < -0.39 is 0 Å². The number of alkyl halides is 1.